The van der Waals surface area contributed by atoms with Crippen LogP contribution >= 0.6 is 11.8 Å². The van der Waals surface area contributed by atoms with Crippen LogP contribution in [0.3, 0.4) is 0 Å². The maximum atomic E-state index is 12.2. The van der Waals surface area contributed by atoms with E-state index in [1.807, 2.05) is 5.32 Å². The minimum atomic E-state index is -3.00. The van der Waals surface area contributed by atoms with Crippen LogP contribution in [0.1, 0.15) is 20.7 Å². The summed E-state index contributed by atoms with van der Waals surface area (Å²) < 4.78 is 33.3. The van der Waals surface area contributed by atoms with E-state index in [2.05, 4.69) is 4.74 Å². The average molecular weight is 438 g/mol. The molecule has 2 aromatic rings. The Bertz CT molecular complexity index is 937. The number of carbonyl (C=O) groups excluding carboxylic acids is 4. The lowest BCUT2D eigenvalue weighted by Crippen LogP contribution is -2.34. The maximum absolute atomic E-state index is 12.2. The normalized spacial score (nSPS) is 10.4. The van der Waals surface area contributed by atoms with Crippen LogP contribution in [0.2, 0.25) is 0 Å². The number of hydrogen-bond donors (Lipinski definition) is 2. The molecule has 0 radical (unpaired) electrons. The predicted molar refractivity (Wildman–Crippen MR) is 102 cm³/mol. The predicted octanol–water partition coefficient (Wildman–Crippen LogP) is 1.98. The summed E-state index contributed by atoms with van der Waals surface area (Å²) in [6, 6.07) is 11.0. The van der Waals surface area contributed by atoms with Gasteiger partial charge in [0.25, 0.3) is 11.8 Å². The standard InChI is InChI=1S/C19H16F2N2O6S/c20-19(21)29-12-7-5-11(6-8-12)17(26)23-16(25)9-28-18(27)13-3-1-2-4-14(13)30-10-15(22)24/h1-8,19H,9-10H2,(H2,22,24)(H,23,25,26). The number of hydrogen-bond acceptors (Lipinski definition) is 7. The number of amides is 3. The summed E-state index contributed by atoms with van der Waals surface area (Å²) in [6.45, 7) is -3.73. The quantitative estimate of drug-likeness (QED) is 0.453. The van der Waals surface area contributed by atoms with E-state index < -0.39 is 36.9 Å². The van der Waals surface area contributed by atoms with Crippen molar-refractivity contribution in [3.63, 3.8) is 0 Å². The Kier molecular flexibility index (Phi) is 8.29. The highest BCUT2D eigenvalue weighted by Crippen LogP contribution is 2.23. The molecule has 0 saturated heterocycles. The minimum Gasteiger partial charge on any atom is -0.452 e. The van der Waals surface area contributed by atoms with E-state index in [-0.39, 0.29) is 22.6 Å². The molecule has 0 fully saturated rings. The SMILES string of the molecule is NC(=O)CSc1ccccc1C(=O)OCC(=O)NC(=O)c1ccc(OC(F)F)cc1. The van der Waals surface area contributed by atoms with E-state index in [0.29, 0.717) is 4.90 Å². The number of rotatable bonds is 9. The lowest BCUT2D eigenvalue weighted by Gasteiger charge is -2.09. The van der Waals surface area contributed by atoms with Crippen LogP contribution in [0.25, 0.3) is 0 Å². The van der Waals surface area contributed by atoms with Crippen LogP contribution in [0.15, 0.2) is 53.4 Å². The number of ether oxygens (including phenoxy) is 2. The molecule has 3 amide bonds. The molecule has 3 N–H and O–H groups in total. The monoisotopic (exact) mass is 438 g/mol. The van der Waals surface area contributed by atoms with Gasteiger partial charge in [0, 0.05) is 10.5 Å². The van der Waals surface area contributed by atoms with Crippen LogP contribution in [-0.4, -0.2) is 42.7 Å². The smallest absolute Gasteiger partial charge is 0.387 e. The van der Waals surface area contributed by atoms with Gasteiger partial charge in [0.2, 0.25) is 5.91 Å². The van der Waals surface area contributed by atoms with Crippen molar-refractivity contribution in [1.29, 1.82) is 0 Å². The summed E-state index contributed by atoms with van der Waals surface area (Å²) in [5, 5.41) is 2.01. The van der Waals surface area contributed by atoms with E-state index in [1.165, 1.54) is 18.2 Å². The van der Waals surface area contributed by atoms with Crippen LogP contribution in [-0.2, 0) is 14.3 Å². The van der Waals surface area contributed by atoms with Crippen molar-refractivity contribution in [2.75, 3.05) is 12.4 Å². The number of carbonyl (C=O) groups is 4. The van der Waals surface area contributed by atoms with Crippen molar-refractivity contribution in [3.05, 3.63) is 59.7 Å². The van der Waals surface area contributed by atoms with Gasteiger partial charge < -0.3 is 15.2 Å². The first kappa shape index (κ1) is 22.8. The number of halogens is 2. The maximum Gasteiger partial charge on any atom is 0.387 e. The molecule has 0 bridgehead atoms. The number of thioether (sulfide) groups is 1. The van der Waals surface area contributed by atoms with Crippen molar-refractivity contribution in [2.45, 2.75) is 11.5 Å². The van der Waals surface area contributed by atoms with Gasteiger partial charge in [-0.3, -0.25) is 19.7 Å². The Balaban J connectivity index is 1.89. The summed E-state index contributed by atoms with van der Waals surface area (Å²) in [5.41, 5.74) is 5.24. The van der Waals surface area contributed by atoms with Crippen molar-refractivity contribution in [3.8, 4) is 5.75 Å². The second-order valence-corrected chi connectivity index (χ2v) is 6.62. The van der Waals surface area contributed by atoms with E-state index in [0.717, 1.165) is 23.9 Å². The van der Waals surface area contributed by atoms with Crippen LogP contribution in [0, 0.1) is 0 Å². The third-order valence-corrected chi connectivity index (χ3v) is 4.50. The van der Waals surface area contributed by atoms with Gasteiger partial charge >= 0.3 is 12.6 Å². The molecule has 0 aliphatic rings. The molecule has 0 aliphatic carbocycles. The molecule has 2 aromatic carbocycles. The Labute approximate surface area is 173 Å². The number of nitrogens with two attached hydrogens (primary N) is 1. The van der Waals surface area contributed by atoms with Gasteiger partial charge in [0.05, 0.1) is 11.3 Å². The number of esters is 1. The molecule has 158 valence electrons. The average Bonchev–Trinajstić information content (AvgIpc) is 2.70. The Morgan fingerprint density at radius 2 is 1.70 bits per heavy atom. The zero-order chi connectivity index (χ0) is 22.1. The number of primary amides is 1. The Hall–Kier alpha value is -3.47. The fourth-order valence-electron chi connectivity index (χ4n) is 2.14. The van der Waals surface area contributed by atoms with E-state index in [1.54, 1.807) is 18.2 Å². The second kappa shape index (κ2) is 10.9. The van der Waals surface area contributed by atoms with Gasteiger partial charge in [-0.2, -0.15) is 8.78 Å². The van der Waals surface area contributed by atoms with Gasteiger partial charge in [-0.15, -0.1) is 11.8 Å². The fraction of sp³-hybridized carbons (Fsp3) is 0.158. The van der Waals surface area contributed by atoms with Crippen molar-refractivity contribution >= 4 is 35.5 Å². The summed E-state index contributed by atoms with van der Waals surface area (Å²) in [6.07, 6.45) is 0. The van der Waals surface area contributed by atoms with Crippen molar-refractivity contribution in [1.82, 2.24) is 5.32 Å². The first-order valence-electron chi connectivity index (χ1n) is 8.32. The summed E-state index contributed by atoms with van der Waals surface area (Å²) in [4.78, 5) is 47.4. The van der Waals surface area contributed by atoms with Crippen molar-refractivity contribution in [2.24, 2.45) is 5.73 Å². The lowest BCUT2D eigenvalue weighted by molar-refractivity contribution is -0.123. The highest BCUT2D eigenvalue weighted by atomic mass is 32.2. The van der Waals surface area contributed by atoms with Crippen LogP contribution in [0.4, 0.5) is 8.78 Å². The molecule has 0 aromatic heterocycles. The molecule has 11 heteroatoms. The molecule has 0 spiro atoms. The van der Waals surface area contributed by atoms with Crippen LogP contribution in [0.5, 0.6) is 5.75 Å². The van der Waals surface area contributed by atoms with Crippen molar-refractivity contribution < 1.29 is 37.4 Å². The minimum absolute atomic E-state index is 0.0180. The number of benzene rings is 2. The highest BCUT2D eigenvalue weighted by molar-refractivity contribution is 8.00. The third kappa shape index (κ3) is 7.17. The molecule has 8 nitrogen and oxygen atoms in total. The molecule has 0 unspecified atom stereocenters. The van der Waals surface area contributed by atoms with Gasteiger partial charge in [-0.1, -0.05) is 12.1 Å². The number of alkyl halides is 2. The lowest BCUT2D eigenvalue weighted by atomic mass is 10.2. The summed E-state index contributed by atoms with van der Waals surface area (Å²) >= 11 is 1.04. The largest absolute Gasteiger partial charge is 0.452 e. The molecule has 0 aliphatic heterocycles. The number of nitrogens with one attached hydrogen (secondary N) is 1. The van der Waals surface area contributed by atoms with Gasteiger partial charge in [0.15, 0.2) is 6.61 Å². The molecule has 0 saturated carbocycles. The zero-order valence-corrected chi connectivity index (χ0v) is 16.1. The molecule has 30 heavy (non-hydrogen) atoms. The Morgan fingerprint density at radius 1 is 1.03 bits per heavy atom. The molecular formula is C19H16F2N2O6S. The topological polar surface area (TPSA) is 125 Å². The van der Waals surface area contributed by atoms with Crippen LogP contribution < -0.4 is 15.8 Å². The third-order valence-electron chi connectivity index (χ3n) is 3.41. The Morgan fingerprint density at radius 3 is 2.33 bits per heavy atom. The van der Waals surface area contributed by atoms with Gasteiger partial charge in [-0.25, -0.2) is 4.79 Å². The highest BCUT2D eigenvalue weighted by Gasteiger charge is 2.17. The van der Waals surface area contributed by atoms with Gasteiger partial charge in [-0.05, 0) is 36.4 Å². The molecule has 0 heterocycles. The second-order valence-electron chi connectivity index (χ2n) is 5.61. The first-order chi connectivity index (χ1) is 14.3. The molecule has 0 atom stereocenters. The summed E-state index contributed by atoms with van der Waals surface area (Å²) in [7, 11) is 0. The van der Waals surface area contributed by atoms with E-state index in [4.69, 9.17) is 10.5 Å². The van der Waals surface area contributed by atoms with E-state index >= 15 is 0 Å². The first-order valence-corrected chi connectivity index (χ1v) is 9.31. The molecular weight excluding hydrogens is 422 g/mol. The van der Waals surface area contributed by atoms with Gasteiger partial charge in [0.1, 0.15) is 5.75 Å². The zero-order valence-electron chi connectivity index (χ0n) is 15.3. The fourth-order valence-corrected chi connectivity index (χ4v) is 2.92. The van der Waals surface area contributed by atoms with E-state index in [9.17, 15) is 28.0 Å². The molecule has 2 rings (SSSR count). The summed E-state index contributed by atoms with van der Waals surface area (Å²) in [5.74, 6) is -3.26. The number of imide groups is 1.